The molecule has 0 fully saturated rings. The van der Waals surface area contributed by atoms with Crippen LogP contribution in [0, 0.1) is 0 Å². The highest BCUT2D eigenvalue weighted by Crippen LogP contribution is 2.28. The number of halogens is 1. The van der Waals surface area contributed by atoms with Gasteiger partial charge in [-0.2, -0.15) is 5.10 Å². The molecule has 1 aliphatic rings. The highest BCUT2D eigenvalue weighted by Gasteiger charge is 2.18. The number of hydrogen-bond acceptors (Lipinski definition) is 4. The molecule has 158 valence electrons. The molecule has 0 amide bonds. The van der Waals surface area contributed by atoms with Gasteiger partial charge in [0.15, 0.2) is 5.84 Å². The zero-order valence-electron chi connectivity index (χ0n) is 17.9. The van der Waals surface area contributed by atoms with E-state index >= 15 is 0 Å². The second-order valence-electron chi connectivity index (χ2n) is 7.47. The summed E-state index contributed by atoms with van der Waals surface area (Å²) >= 11 is 3.49. The van der Waals surface area contributed by atoms with E-state index < -0.39 is 0 Å². The lowest BCUT2D eigenvalue weighted by Gasteiger charge is -2.11. The van der Waals surface area contributed by atoms with Gasteiger partial charge in [-0.25, -0.2) is 4.99 Å². The molecule has 1 heterocycles. The van der Waals surface area contributed by atoms with Crippen LogP contribution in [0.15, 0.2) is 81.3 Å². The first-order chi connectivity index (χ1) is 15.2. The number of fused-ring (bicyclic) bond motifs is 1. The van der Waals surface area contributed by atoms with E-state index in [1.807, 2.05) is 36.4 Å². The van der Waals surface area contributed by atoms with Crippen LogP contribution in [0.4, 0.5) is 5.69 Å². The normalized spacial score (nSPS) is 12.9. The predicted octanol–water partition coefficient (Wildman–Crippen LogP) is 6.62. The molecule has 1 N–H and O–H groups in total. The molecule has 0 aliphatic carbocycles. The lowest BCUT2D eigenvalue weighted by molar-refractivity contribution is 0.309. The number of aliphatic imine (C=N–C) groups is 1. The summed E-state index contributed by atoms with van der Waals surface area (Å²) in [6.07, 6.45) is 3.14. The van der Waals surface area contributed by atoms with Crippen molar-refractivity contribution in [1.82, 2.24) is 5.43 Å². The molecule has 4 rings (SSSR count). The van der Waals surface area contributed by atoms with Gasteiger partial charge in [-0.15, -0.1) is 0 Å². The summed E-state index contributed by atoms with van der Waals surface area (Å²) in [4.78, 5) is 4.91. The Morgan fingerprint density at radius 3 is 2.35 bits per heavy atom. The number of hydrogen-bond donors (Lipinski definition) is 1. The topological polar surface area (TPSA) is 46.0 Å². The molecule has 3 aromatic carbocycles. The Kier molecular flexibility index (Phi) is 6.82. The Bertz CT molecular complexity index is 1100. The summed E-state index contributed by atoms with van der Waals surface area (Å²) in [5, 5.41) is 4.78. The first-order valence-corrected chi connectivity index (χ1v) is 11.5. The van der Waals surface area contributed by atoms with Crippen molar-refractivity contribution in [3.05, 3.63) is 93.5 Å². The minimum atomic E-state index is 0.729. The number of nitrogens with zero attached hydrogens (tertiary/aromatic N) is 2. The van der Waals surface area contributed by atoms with Crippen molar-refractivity contribution in [2.75, 3.05) is 6.61 Å². The van der Waals surface area contributed by atoms with Gasteiger partial charge in [0.05, 0.1) is 18.0 Å². The van der Waals surface area contributed by atoms with Crippen molar-refractivity contribution < 1.29 is 4.74 Å². The molecule has 0 aromatic heterocycles. The third kappa shape index (κ3) is 5.05. The standard InChI is InChI=1S/C26H26BrN3O/c1-3-5-16-31-22-13-9-19(10-14-22)25-23-17-18(4-2)6-15-24(23)28-26(30-29-25)20-7-11-21(27)12-8-20/h6-15,17H,3-5,16H2,1-2H3,(H,28,30). The quantitative estimate of drug-likeness (QED) is 0.390. The molecule has 31 heavy (non-hydrogen) atoms. The fourth-order valence-corrected chi connectivity index (χ4v) is 3.67. The highest BCUT2D eigenvalue weighted by molar-refractivity contribution is 9.10. The molecule has 0 bridgehead atoms. The zero-order valence-corrected chi connectivity index (χ0v) is 19.4. The van der Waals surface area contributed by atoms with Crippen molar-refractivity contribution >= 4 is 33.2 Å². The number of amidine groups is 1. The summed E-state index contributed by atoms with van der Waals surface area (Å²) in [7, 11) is 0. The van der Waals surface area contributed by atoms with Gasteiger partial charge in [-0.3, -0.25) is 5.43 Å². The Morgan fingerprint density at radius 2 is 1.65 bits per heavy atom. The average molecular weight is 476 g/mol. The molecule has 3 aromatic rings. The summed E-state index contributed by atoms with van der Waals surface area (Å²) in [5.74, 6) is 1.61. The maximum Gasteiger partial charge on any atom is 0.154 e. The van der Waals surface area contributed by atoms with Crippen LogP contribution >= 0.6 is 15.9 Å². The Hall–Kier alpha value is -2.92. The molecule has 5 heteroatoms. The van der Waals surface area contributed by atoms with E-state index in [9.17, 15) is 0 Å². The van der Waals surface area contributed by atoms with Crippen molar-refractivity contribution in [1.29, 1.82) is 0 Å². The second kappa shape index (κ2) is 9.92. The number of rotatable bonds is 7. The monoisotopic (exact) mass is 475 g/mol. The van der Waals surface area contributed by atoms with Gasteiger partial charge in [-0.05, 0) is 66.9 Å². The minimum absolute atomic E-state index is 0.729. The van der Waals surface area contributed by atoms with E-state index in [4.69, 9.17) is 14.8 Å². The number of ether oxygens (including phenoxy) is 1. The van der Waals surface area contributed by atoms with Crippen molar-refractivity contribution in [3.8, 4) is 5.75 Å². The van der Waals surface area contributed by atoms with Crippen LogP contribution in [0.3, 0.4) is 0 Å². The first kappa shape index (κ1) is 21.3. The fraction of sp³-hybridized carbons (Fsp3) is 0.231. The van der Waals surface area contributed by atoms with E-state index in [2.05, 4.69) is 65.5 Å². The highest BCUT2D eigenvalue weighted by atomic mass is 79.9. The number of unbranched alkanes of at least 4 members (excludes halogenated alkanes) is 1. The summed E-state index contributed by atoms with van der Waals surface area (Å²) in [6.45, 7) is 5.06. The molecule has 0 unspecified atom stereocenters. The van der Waals surface area contributed by atoms with E-state index in [1.54, 1.807) is 0 Å². The molecule has 0 atom stereocenters. The summed E-state index contributed by atoms with van der Waals surface area (Å²) in [5.41, 5.74) is 9.27. The molecule has 0 saturated heterocycles. The third-order valence-corrected chi connectivity index (χ3v) is 5.77. The van der Waals surface area contributed by atoms with Gasteiger partial charge in [0, 0.05) is 21.2 Å². The van der Waals surface area contributed by atoms with Crippen molar-refractivity contribution in [2.24, 2.45) is 10.1 Å². The van der Waals surface area contributed by atoms with Crippen molar-refractivity contribution in [3.63, 3.8) is 0 Å². The van der Waals surface area contributed by atoms with Gasteiger partial charge in [0.25, 0.3) is 0 Å². The average Bonchev–Trinajstić information content (AvgIpc) is 2.99. The van der Waals surface area contributed by atoms with E-state index in [1.165, 1.54) is 5.56 Å². The van der Waals surface area contributed by atoms with E-state index in [0.29, 0.717) is 0 Å². The lowest BCUT2D eigenvalue weighted by atomic mass is 9.98. The molecule has 0 radical (unpaired) electrons. The molecule has 1 aliphatic heterocycles. The van der Waals surface area contributed by atoms with Crippen LogP contribution in [0.25, 0.3) is 0 Å². The minimum Gasteiger partial charge on any atom is -0.494 e. The number of aryl methyl sites for hydroxylation is 1. The number of benzene rings is 3. The Balaban J connectivity index is 1.71. The number of nitrogens with one attached hydrogen (secondary N) is 1. The SMILES string of the molecule is CCCCOc1ccc(C2=NNC(c3ccc(Br)cc3)=Nc3ccc(CC)cc32)cc1. The zero-order chi connectivity index (χ0) is 21.6. The van der Waals surface area contributed by atoms with Crippen LogP contribution in [0.5, 0.6) is 5.75 Å². The largest absolute Gasteiger partial charge is 0.494 e. The summed E-state index contributed by atoms with van der Waals surface area (Å²) < 4.78 is 6.85. The van der Waals surface area contributed by atoms with Gasteiger partial charge in [0.2, 0.25) is 0 Å². The van der Waals surface area contributed by atoms with Crippen LogP contribution in [-0.4, -0.2) is 18.2 Å². The van der Waals surface area contributed by atoms with Gasteiger partial charge in [-0.1, -0.05) is 54.4 Å². The molecule has 0 saturated carbocycles. The maximum atomic E-state index is 5.82. The predicted molar refractivity (Wildman–Crippen MR) is 132 cm³/mol. The summed E-state index contributed by atoms with van der Waals surface area (Å²) in [6, 6.07) is 22.6. The lowest BCUT2D eigenvalue weighted by Crippen LogP contribution is -2.19. The third-order valence-electron chi connectivity index (χ3n) is 5.24. The van der Waals surface area contributed by atoms with Crippen LogP contribution in [-0.2, 0) is 6.42 Å². The van der Waals surface area contributed by atoms with E-state index in [0.717, 1.165) is 70.0 Å². The number of hydrazone groups is 1. The van der Waals surface area contributed by atoms with Crippen LogP contribution in [0.2, 0.25) is 0 Å². The Morgan fingerprint density at radius 1 is 0.903 bits per heavy atom. The smallest absolute Gasteiger partial charge is 0.154 e. The Labute approximate surface area is 192 Å². The maximum absolute atomic E-state index is 5.82. The molecular weight excluding hydrogens is 450 g/mol. The van der Waals surface area contributed by atoms with E-state index in [-0.39, 0.29) is 0 Å². The van der Waals surface area contributed by atoms with Gasteiger partial charge >= 0.3 is 0 Å². The molecule has 4 nitrogen and oxygen atoms in total. The van der Waals surface area contributed by atoms with Crippen molar-refractivity contribution in [2.45, 2.75) is 33.1 Å². The first-order valence-electron chi connectivity index (χ1n) is 10.7. The second-order valence-corrected chi connectivity index (χ2v) is 8.39. The van der Waals surface area contributed by atoms with Crippen LogP contribution in [0.1, 0.15) is 48.9 Å². The molecular formula is C26H26BrN3O. The van der Waals surface area contributed by atoms with Crippen LogP contribution < -0.4 is 10.2 Å². The van der Waals surface area contributed by atoms with Gasteiger partial charge < -0.3 is 4.74 Å². The molecule has 0 spiro atoms. The van der Waals surface area contributed by atoms with Gasteiger partial charge in [0.1, 0.15) is 5.75 Å². The fourth-order valence-electron chi connectivity index (χ4n) is 3.41.